The lowest BCUT2D eigenvalue weighted by Gasteiger charge is -2.27. The fourth-order valence-electron chi connectivity index (χ4n) is 8.88. The van der Waals surface area contributed by atoms with Gasteiger partial charge in [0.05, 0.1) is 33.0 Å². The minimum absolute atomic E-state index is 0.00652. The Hall–Kier alpha value is -4.57. The molecule has 0 aromatic heterocycles. The largest absolute Gasteiger partial charge is 0.481 e. The highest BCUT2D eigenvalue weighted by Gasteiger charge is 2.46. The van der Waals surface area contributed by atoms with Crippen LogP contribution >= 0.6 is 12.0 Å². The van der Waals surface area contributed by atoms with Gasteiger partial charge in [-0.25, -0.2) is 5.26 Å². The van der Waals surface area contributed by atoms with E-state index in [1.807, 2.05) is 37.2 Å². The van der Waals surface area contributed by atoms with Crippen molar-refractivity contribution in [2.75, 3.05) is 23.7 Å². The molecule has 0 saturated heterocycles. The lowest BCUT2D eigenvalue weighted by molar-refractivity contribution is -0.438. The van der Waals surface area contributed by atoms with Gasteiger partial charge in [0.1, 0.15) is 11.4 Å². The number of fused-ring (bicyclic) bond motifs is 6. The third kappa shape index (κ3) is 10.6. The molecule has 24 heteroatoms. The first-order valence-electron chi connectivity index (χ1n) is 20.0. The minimum atomic E-state index is -4.98. The monoisotopic (exact) mass is 1010 g/mol. The van der Waals surface area contributed by atoms with Crippen LogP contribution in [0.3, 0.4) is 0 Å². The van der Waals surface area contributed by atoms with Gasteiger partial charge in [0.25, 0.3) is 40.5 Å². The fourth-order valence-corrected chi connectivity index (χ4v) is 11.9. The maximum Gasteiger partial charge on any atom is 0.303 e. The standard InChI is InChI=1S/C42H46N2O17S5/c1-41(2)37(44(20-11-21-63(48,49)50)32-17-15-28-30(39(32)41)22-26(64(51,52)53)24-34(28)62-61-60-47)13-8-5-7-12-36-42(3,4)40-31-23-27(65(54,55)56)25-35(66(57,58)59)29(31)16-18-33(40)43(36)19-10-6-9-14-38(45)46/h5,7-8,12-13,15-18,22-25H,6,9-11,14,19-21H2,1-4H3,(H5-,45,46,47,48,49,50,51,52,53,54,55,56,57,58,59)/p+1. The van der Waals surface area contributed by atoms with Crippen LogP contribution in [0.15, 0.2) is 104 Å². The van der Waals surface area contributed by atoms with Crippen molar-refractivity contribution in [3.63, 3.8) is 0 Å². The highest BCUT2D eigenvalue weighted by Crippen LogP contribution is 2.52. The molecule has 6 rings (SSSR count). The number of carboxylic acids is 1. The normalized spacial score (nSPS) is 17.0. The Morgan fingerprint density at radius 1 is 0.727 bits per heavy atom. The lowest BCUT2D eigenvalue weighted by atomic mass is 9.79. The number of nitrogens with zero attached hydrogens (tertiary/aromatic N) is 2. The van der Waals surface area contributed by atoms with E-state index in [9.17, 15) is 61.8 Å². The number of allylic oxidation sites excluding steroid dienone is 6. The van der Waals surface area contributed by atoms with Gasteiger partial charge < -0.3 is 10.0 Å². The van der Waals surface area contributed by atoms with Gasteiger partial charge in [-0.1, -0.05) is 43.2 Å². The zero-order valence-electron chi connectivity index (χ0n) is 35.8. The van der Waals surface area contributed by atoms with E-state index >= 15 is 0 Å². The fraction of sp³-hybridized carbons (Fsp3) is 0.333. The van der Waals surface area contributed by atoms with E-state index < -0.39 is 77.7 Å². The van der Waals surface area contributed by atoms with Gasteiger partial charge in [0.15, 0.2) is 5.71 Å². The number of aliphatic carboxylic acids is 1. The number of hydrogen-bond acceptors (Lipinski definition) is 14. The summed E-state index contributed by atoms with van der Waals surface area (Å²) in [4.78, 5) is 11.3. The molecular formula is C42H47N2O17S5+. The van der Waals surface area contributed by atoms with E-state index in [4.69, 9.17) is 5.26 Å². The summed E-state index contributed by atoms with van der Waals surface area (Å²) < 4.78 is 145. The van der Waals surface area contributed by atoms with Crippen LogP contribution in [0, 0.1) is 0 Å². The molecule has 0 atom stereocenters. The predicted octanol–water partition coefficient (Wildman–Crippen LogP) is 7.25. The van der Waals surface area contributed by atoms with Crippen molar-refractivity contribution in [2.45, 2.75) is 90.2 Å². The smallest absolute Gasteiger partial charge is 0.303 e. The molecule has 0 saturated carbocycles. The van der Waals surface area contributed by atoms with Crippen LogP contribution in [-0.4, -0.2) is 97.3 Å². The Kier molecular flexibility index (Phi) is 14.5. The van der Waals surface area contributed by atoms with Crippen molar-refractivity contribution in [3.8, 4) is 0 Å². The molecular weight excluding hydrogens is 965 g/mol. The van der Waals surface area contributed by atoms with Crippen molar-refractivity contribution in [1.29, 1.82) is 0 Å². The van der Waals surface area contributed by atoms with Crippen LogP contribution < -0.4 is 4.90 Å². The van der Waals surface area contributed by atoms with Gasteiger partial charge in [-0.2, -0.15) is 38.2 Å². The number of carbonyl (C=O) groups is 1. The molecule has 66 heavy (non-hydrogen) atoms. The van der Waals surface area contributed by atoms with E-state index in [-0.39, 0.29) is 35.1 Å². The third-order valence-corrected chi connectivity index (χ3v) is 15.6. The topological polar surface area (TPSA) is 300 Å². The van der Waals surface area contributed by atoms with Crippen LogP contribution in [-0.2, 0) is 65.5 Å². The number of hydrogen-bond donors (Lipinski definition) is 6. The van der Waals surface area contributed by atoms with Gasteiger partial charge in [0.2, 0.25) is 5.69 Å². The summed E-state index contributed by atoms with van der Waals surface area (Å²) in [5, 5.41) is 22.8. The highest BCUT2D eigenvalue weighted by atomic mass is 32.2. The summed E-state index contributed by atoms with van der Waals surface area (Å²) in [5.74, 6) is -1.49. The first-order valence-corrected chi connectivity index (χ1v) is 26.7. The molecule has 4 aromatic rings. The van der Waals surface area contributed by atoms with Crippen LogP contribution in [0.1, 0.15) is 70.9 Å². The lowest BCUT2D eigenvalue weighted by Crippen LogP contribution is -2.28. The van der Waals surface area contributed by atoms with Gasteiger partial charge >= 0.3 is 5.97 Å². The molecule has 0 aliphatic carbocycles. The van der Waals surface area contributed by atoms with Crippen LogP contribution in [0.5, 0.6) is 0 Å². The molecule has 0 fully saturated rings. The van der Waals surface area contributed by atoms with Crippen molar-refractivity contribution < 1.29 is 81.0 Å². The Morgan fingerprint density at radius 3 is 1.97 bits per heavy atom. The Morgan fingerprint density at radius 2 is 1.36 bits per heavy atom. The SMILES string of the molecule is CC1(C)C(/C=C/C=C/C=C2/N(CCCS(=O)(=O)O)c3ccc4c(SOOO)cc(S(=O)(=O)O)cc4c3C2(C)C)=[N+](CCCCCC(=O)O)c2ccc3c(S(=O)(=O)O)cc(S(=O)(=O)O)cc3c21. The molecule has 0 amide bonds. The zero-order valence-corrected chi connectivity index (χ0v) is 39.9. The van der Waals surface area contributed by atoms with Crippen LogP contribution in [0.4, 0.5) is 11.4 Å². The molecule has 0 unspecified atom stereocenters. The van der Waals surface area contributed by atoms with Gasteiger partial charge in [-0.05, 0) is 97.3 Å². The van der Waals surface area contributed by atoms with E-state index in [0.717, 1.165) is 12.1 Å². The second-order valence-electron chi connectivity index (χ2n) is 16.7. The second kappa shape index (κ2) is 18.8. The minimum Gasteiger partial charge on any atom is -0.481 e. The van der Waals surface area contributed by atoms with Crippen molar-refractivity contribution in [2.24, 2.45) is 0 Å². The van der Waals surface area contributed by atoms with E-state index in [1.54, 1.807) is 48.6 Å². The predicted molar refractivity (Wildman–Crippen MR) is 245 cm³/mol. The van der Waals surface area contributed by atoms with Gasteiger partial charge in [0, 0.05) is 64.2 Å². The Bertz CT molecular complexity index is 3230. The van der Waals surface area contributed by atoms with Gasteiger partial charge in [-0.3, -0.25) is 23.0 Å². The van der Waals surface area contributed by atoms with E-state index in [0.29, 0.717) is 88.6 Å². The molecule has 2 aliphatic rings. The number of rotatable bonds is 19. The van der Waals surface area contributed by atoms with Crippen molar-refractivity contribution in [1.82, 2.24) is 0 Å². The van der Waals surface area contributed by atoms with Crippen LogP contribution in [0.25, 0.3) is 21.5 Å². The van der Waals surface area contributed by atoms with Crippen molar-refractivity contribution >= 4 is 97.1 Å². The first kappa shape index (κ1) is 50.8. The molecule has 0 radical (unpaired) electrons. The Balaban J connectivity index is 1.46. The molecule has 2 heterocycles. The molecule has 6 N–H and O–H groups in total. The van der Waals surface area contributed by atoms with Gasteiger partial charge in [-0.15, -0.1) is 4.33 Å². The summed E-state index contributed by atoms with van der Waals surface area (Å²) in [6.45, 7) is 7.85. The maximum absolute atomic E-state index is 12.5. The van der Waals surface area contributed by atoms with E-state index in [1.165, 1.54) is 12.1 Å². The first-order chi connectivity index (χ1) is 30.6. The summed E-state index contributed by atoms with van der Waals surface area (Å²) in [6, 6.07) is 10.7. The zero-order chi connectivity index (χ0) is 48.8. The summed E-state index contributed by atoms with van der Waals surface area (Å²) in [7, 11) is -19.0. The molecule has 19 nitrogen and oxygen atoms in total. The summed E-state index contributed by atoms with van der Waals surface area (Å²) in [6.07, 6.45) is 10.2. The maximum atomic E-state index is 12.5. The third-order valence-electron chi connectivity index (χ3n) is 11.6. The molecule has 4 aromatic carbocycles. The average Bonchev–Trinajstić information content (AvgIpc) is 3.55. The molecule has 2 aliphatic heterocycles. The quantitative estimate of drug-likeness (QED) is 0.0102. The number of benzene rings is 4. The number of carboxylic acid groups (broad SMARTS) is 1. The summed E-state index contributed by atoms with van der Waals surface area (Å²) in [5.41, 5.74) is 1.65. The summed E-state index contributed by atoms with van der Waals surface area (Å²) >= 11 is 0.496. The highest BCUT2D eigenvalue weighted by molar-refractivity contribution is 7.94. The molecule has 356 valence electrons. The number of unbranched alkanes of at least 4 members (excludes halogenated alkanes) is 2. The van der Waals surface area contributed by atoms with Crippen LogP contribution in [0.2, 0.25) is 0 Å². The van der Waals surface area contributed by atoms with Crippen molar-refractivity contribution in [3.05, 3.63) is 95.7 Å². The Labute approximate surface area is 385 Å². The molecule has 0 bridgehead atoms. The average molecular weight is 1010 g/mol. The number of anilines is 1. The molecule has 0 spiro atoms. The van der Waals surface area contributed by atoms with E-state index in [2.05, 4.69) is 9.37 Å². The second-order valence-corrected chi connectivity index (χ2v) is 23.2.